The Labute approximate surface area is 182 Å². The Morgan fingerprint density at radius 1 is 1.07 bits per heavy atom. The van der Waals surface area contributed by atoms with Gasteiger partial charge in [0.1, 0.15) is 5.75 Å². The molecule has 1 fully saturated rings. The zero-order valence-corrected chi connectivity index (χ0v) is 18.4. The summed E-state index contributed by atoms with van der Waals surface area (Å²) in [6.45, 7) is 9.83. The van der Waals surface area contributed by atoms with E-state index in [1.54, 1.807) is 6.92 Å². The van der Waals surface area contributed by atoms with Crippen molar-refractivity contribution in [3.8, 4) is 17.2 Å². The van der Waals surface area contributed by atoms with Crippen molar-refractivity contribution in [3.05, 3.63) is 52.0 Å². The van der Waals surface area contributed by atoms with Gasteiger partial charge in [-0.2, -0.15) is 0 Å². The van der Waals surface area contributed by atoms with Crippen molar-refractivity contribution in [3.63, 3.8) is 0 Å². The molecule has 0 bridgehead atoms. The molecule has 0 aromatic heterocycles. The van der Waals surface area contributed by atoms with Gasteiger partial charge in [-0.25, -0.2) is 0 Å². The summed E-state index contributed by atoms with van der Waals surface area (Å²) in [6.07, 6.45) is -0.537. The number of carbonyl (C=O) groups excluding carboxylic acids is 1. The van der Waals surface area contributed by atoms with Gasteiger partial charge in [-0.05, 0) is 61.7 Å². The Morgan fingerprint density at radius 2 is 1.73 bits per heavy atom. The highest BCUT2D eigenvalue weighted by Gasteiger charge is 2.26. The molecule has 0 radical (unpaired) electrons. The molecule has 0 aliphatic carbocycles. The third-order valence-electron chi connectivity index (χ3n) is 5.60. The fourth-order valence-electron chi connectivity index (χ4n) is 3.91. The van der Waals surface area contributed by atoms with Crippen LogP contribution in [0.5, 0.6) is 17.2 Å². The lowest BCUT2D eigenvalue weighted by molar-refractivity contribution is -0.139. The molecule has 6 nitrogen and oxygen atoms in total. The first-order valence-electron chi connectivity index (χ1n) is 10.2. The Hall–Kier alpha value is -2.44. The number of halogens is 1. The smallest absolute Gasteiger partial charge is 0.263 e. The molecule has 160 valence electrons. The van der Waals surface area contributed by atoms with Crippen molar-refractivity contribution in [2.24, 2.45) is 0 Å². The van der Waals surface area contributed by atoms with Crippen molar-refractivity contribution in [2.45, 2.75) is 33.4 Å². The van der Waals surface area contributed by atoms with Crippen molar-refractivity contribution >= 4 is 17.5 Å². The topological polar surface area (TPSA) is 51.2 Å². The summed E-state index contributed by atoms with van der Waals surface area (Å²) in [6, 6.07) is 9.81. The molecule has 2 aliphatic rings. The Morgan fingerprint density at radius 3 is 2.43 bits per heavy atom. The first-order chi connectivity index (χ1) is 14.4. The molecule has 1 unspecified atom stereocenters. The molecule has 4 rings (SSSR count). The number of ether oxygens (including phenoxy) is 3. The van der Waals surface area contributed by atoms with Crippen LogP contribution in [0.15, 0.2) is 30.3 Å². The number of amides is 1. The second-order valence-electron chi connectivity index (χ2n) is 7.92. The molecule has 0 saturated carbocycles. The van der Waals surface area contributed by atoms with E-state index in [4.69, 9.17) is 25.8 Å². The van der Waals surface area contributed by atoms with Gasteiger partial charge in [-0.1, -0.05) is 17.7 Å². The molecule has 2 aromatic rings. The van der Waals surface area contributed by atoms with E-state index in [0.717, 1.165) is 47.3 Å². The SMILES string of the molecule is Cc1cc(OC(C)C(=O)N2CCN(Cc3ccc4c(c3)OCO4)CC2)cc(C)c1Cl. The van der Waals surface area contributed by atoms with Crippen LogP contribution in [0.25, 0.3) is 0 Å². The number of benzene rings is 2. The zero-order chi connectivity index (χ0) is 21.3. The number of nitrogens with zero attached hydrogens (tertiary/aromatic N) is 2. The van der Waals surface area contributed by atoms with E-state index in [0.29, 0.717) is 18.8 Å². The van der Waals surface area contributed by atoms with Crippen LogP contribution in [0.1, 0.15) is 23.6 Å². The van der Waals surface area contributed by atoms with Gasteiger partial charge in [0.05, 0.1) is 0 Å². The fraction of sp³-hybridized carbons (Fsp3) is 0.435. The summed E-state index contributed by atoms with van der Waals surface area (Å²) in [5, 5.41) is 0.736. The summed E-state index contributed by atoms with van der Waals surface area (Å²) < 4.78 is 16.7. The molecule has 2 aliphatic heterocycles. The van der Waals surface area contributed by atoms with Gasteiger partial charge in [0.2, 0.25) is 6.79 Å². The normalized spacial score (nSPS) is 17.1. The number of hydrogen-bond donors (Lipinski definition) is 0. The molecular formula is C23H27ClN2O4. The number of piperazine rings is 1. The molecule has 7 heteroatoms. The summed E-state index contributed by atoms with van der Waals surface area (Å²) >= 11 is 6.22. The van der Waals surface area contributed by atoms with Crippen molar-refractivity contribution in [1.82, 2.24) is 9.80 Å². The third kappa shape index (κ3) is 4.50. The predicted octanol–water partition coefficient (Wildman–Crippen LogP) is 3.80. The lowest BCUT2D eigenvalue weighted by Crippen LogP contribution is -2.51. The number of hydrogen-bond acceptors (Lipinski definition) is 5. The minimum atomic E-state index is -0.537. The summed E-state index contributed by atoms with van der Waals surface area (Å²) in [5.41, 5.74) is 3.08. The molecule has 1 amide bonds. The predicted molar refractivity (Wildman–Crippen MR) is 115 cm³/mol. The lowest BCUT2D eigenvalue weighted by atomic mass is 10.1. The van der Waals surface area contributed by atoms with Crippen molar-refractivity contribution in [2.75, 3.05) is 33.0 Å². The fourth-order valence-corrected chi connectivity index (χ4v) is 4.02. The van der Waals surface area contributed by atoms with Crippen LogP contribution < -0.4 is 14.2 Å². The molecule has 1 saturated heterocycles. The molecule has 1 atom stereocenters. The second-order valence-corrected chi connectivity index (χ2v) is 8.30. The average molecular weight is 431 g/mol. The van der Waals surface area contributed by atoms with E-state index >= 15 is 0 Å². The third-order valence-corrected chi connectivity index (χ3v) is 6.19. The first kappa shape index (κ1) is 20.8. The van der Waals surface area contributed by atoms with Crippen molar-refractivity contribution in [1.29, 1.82) is 0 Å². The van der Waals surface area contributed by atoms with Gasteiger partial charge < -0.3 is 19.1 Å². The highest BCUT2D eigenvalue weighted by Crippen LogP contribution is 2.33. The largest absolute Gasteiger partial charge is 0.481 e. The van der Waals surface area contributed by atoms with Crippen molar-refractivity contribution < 1.29 is 19.0 Å². The molecular weight excluding hydrogens is 404 g/mol. The number of rotatable bonds is 5. The van der Waals surface area contributed by atoms with Gasteiger partial charge in [0.25, 0.3) is 5.91 Å². The van der Waals surface area contributed by atoms with Crippen LogP contribution in [0.2, 0.25) is 5.02 Å². The zero-order valence-electron chi connectivity index (χ0n) is 17.6. The van der Waals surface area contributed by atoms with E-state index in [2.05, 4.69) is 11.0 Å². The maximum absolute atomic E-state index is 12.9. The number of aryl methyl sites for hydroxylation is 2. The average Bonchev–Trinajstić information content (AvgIpc) is 3.20. The molecule has 2 aromatic carbocycles. The minimum Gasteiger partial charge on any atom is -0.481 e. The number of fused-ring (bicyclic) bond motifs is 1. The summed E-state index contributed by atoms with van der Waals surface area (Å²) in [5.74, 6) is 2.30. The van der Waals surface area contributed by atoms with Crippen LogP contribution in [-0.2, 0) is 11.3 Å². The second kappa shape index (κ2) is 8.74. The van der Waals surface area contributed by atoms with E-state index in [1.165, 1.54) is 5.56 Å². The van der Waals surface area contributed by atoms with Gasteiger partial charge >= 0.3 is 0 Å². The molecule has 2 heterocycles. The van der Waals surface area contributed by atoms with E-state index in [9.17, 15) is 4.79 Å². The highest BCUT2D eigenvalue weighted by molar-refractivity contribution is 6.32. The lowest BCUT2D eigenvalue weighted by Gasteiger charge is -2.36. The number of carbonyl (C=O) groups is 1. The Bertz CT molecular complexity index is 918. The van der Waals surface area contributed by atoms with Crippen LogP contribution in [-0.4, -0.2) is 54.8 Å². The monoisotopic (exact) mass is 430 g/mol. The van der Waals surface area contributed by atoms with Crippen LogP contribution >= 0.6 is 11.6 Å². The van der Waals surface area contributed by atoms with Gasteiger partial charge in [-0.15, -0.1) is 0 Å². The Balaban J connectivity index is 1.29. The van der Waals surface area contributed by atoms with E-state index < -0.39 is 6.10 Å². The maximum atomic E-state index is 12.9. The van der Waals surface area contributed by atoms with E-state index in [1.807, 2.05) is 43.0 Å². The molecule has 0 N–H and O–H groups in total. The summed E-state index contributed by atoms with van der Waals surface area (Å²) in [4.78, 5) is 17.1. The molecule has 30 heavy (non-hydrogen) atoms. The van der Waals surface area contributed by atoms with Crippen LogP contribution in [0, 0.1) is 13.8 Å². The van der Waals surface area contributed by atoms with Crippen LogP contribution in [0.3, 0.4) is 0 Å². The Kier molecular flexibility index (Phi) is 6.06. The van der Waals surface area contributed by atoms with Gasteiger partial charge in [-0.3, -0.25) is 9.69 Å². The van der Waals surface area contributed by atoms with Gasteiger partial charge in [0, 0.05) is 37.7 Å². The minimum absolute atomic E-state index is 0.0167. The first-order valence-corrected chi connectivity index (χ1v) is 10.6. The summed E-state index contributed by atoms with van der Waals surface area (Å²) in [7, 11) is 0. The van der Waals surface area contributed by atoms with Gasteiger partial charge in [0.15, 0.2) is 17.6 Å². The quantitative estimate of drug-likeness (QED) is 0.722. The maximum Gasteiger partial charge on any atom is 0.263 e. The van der Waals surface area contributed by atoms with Crippen LogP contribution in [0.4, 0.5) is 0 Å². The van der Waals surface area contributed by atoms with E-state index in [-0.39, 0.29) is 12.7 Å². The highest BCUT2D eigenvalue weighted by atomic mass is 35.5. The standard InChI is InChI=1S/C23H27ClN2O4/c1-15-10-19(11-16(2)22(15)24)30-17(3)23(27)26-8-6-25(7-9-26)13-18-4-5-20-21(12-18)29-14-28-20/h4-5,10-12,17H,6-9,13-14H2,1-3H3. The molecule has 0 spiro atoms.